The van der Waals surface area contributed by atoms with E-state index in [9.17, 15) is 9.59 Å². The Balaban J connectivity index is 1.43. The first-order valence-electron chi connectivity index (χ1n) is 9.40. The van der Waals surface area contributed by atoms with Crippen molar-refractivity contribution in [2.24, 2.45) is 0 Å². The summed E-state index contributed by atoms with van der Waals surface area (Å²) in [5, 5.41) is 5.26. The Morgan fingerprint density at radius 3 is 2.28 bits per heavy atom. The van der Waals surface area contributed by atoms with E-state index < -0.39 is 11.8 Å². The van der Waals surface area contributed by atoms with Gasteiger partial charge in [0, 0.05) is 29.4 Å². The smallest absolute Gasteiger partial charge is 0.270 e. The molecule has 1 aliphatic rings. The zero-order valence-corrected chi connectivity index (χ0v) is 20.2. The maximum atomic E-state index is 13.1. The lowest BCUT2D eigenvalue weighted by atomic mass is 10.1. The lowest BCUT2D eigenvalue weighted by Gasteiger charge is -2.28. The van der Waals surface area contributed by atoms with E-state index in [1.807, 2.05) is 18.2 Å². The van der Waals surface area contributed by atoms with E-state index >= 15 is 0 Å². The predicted octanol–water partition coefficient (Wildman–Crippen LogP) is 6.69. The number of thiocarbonyl (C=S) groups is 1. The van der Waals surface area contributed by atoms with Gasteiger partial charge in [0.15, 0.2) is 5.11 Å². The average Bonchev–Trinajstić information content (AvgIpc) is 3.53. The predicted molar refractivity (Wildman–Crippen MR) is 139 cm³/mol. The molecule has 0 atom stereocenters. The minimum atomic E-state index is -0.503. The number of nitrogens with zero attached hydrogens (tertiary/aromatic N) is 1. The number of carbonyl (C=O) groups is 2. The van der Waals surface area contributed by atoms with Gasteiger partial charge in [0.1, 0.15) is 5.57 Å². The third kappa shape index (κ3) is 4.07. The normalized spacial score (nSPS) is 15.5. The molecule has 0 saturated carbocycles. The number of rotatable bonds is 4. The van der Waals surface area contributed by atoms with Gasteiger partial charge in [-0.05, 0) is 78.3 Å². The summed E-state index contributed by atoms with van der Waals surface area (Å²) in [7, 11) is 0. The highest BCUT2D eigenvalue weighted by molar-refractivity contribution is 7.80. The van der Waals surface area contributed by atoms with Crippen LogP contribution in [0.3, 0.4) is 0 Å². The number of hydrogen-bond donors (Lipinski definition) is 1. The van der Waals surface area contributed by atoms with Crippen molar-refractivity contribution in [1.29, 1.82) is 0 Å². The van der Waals surface area contributed by atoms with E-state index in [1.54, 1.807) is 53.0 Å². The second kappa shape index (κ2) is 8.73. The highest BCUT2D eigenvalue weighted by Crippen LogP contribution is 2.39. The first kappa shape index (κ1) is 21.2. The Morgan fingerprint density at radius 1 is 0.875 bits per heavy atom. The molecule has 4 nitrogen and oxygen atoms in total. The zero-order chi connectivity index (χ0) is 22.2. The zero-order valence-electron chi connectivity index (χ0n) is 16.2. The molecular formula is C23H13ClN2O2S4. The summed E-state index contributed by atoms with van der Waals surface area (Å²) < 4.78 is 0. The van der Waals surface area contributed by atoms with E-state index in [1.165, 1.54) is 26.0 Å². The number of nitrogens with one attached hydrogen (secondary N) is 1. The molecule has 32 heavy (non-hydrogen) atoms. The molecule has 0 radical (unpaired) electrons. The lowest BCUT2D eigenvalue weighted by Crippen LogP contribution is -2.54. The Bertz CT molecular complexity index is 1370. The van der Waals surface area contributed by atoms with Crippen LogP contribution in [-0.4, -0.2) is 16.9 Å². The van der Waals surface area contributed by atoms with Crippen LogP contribution >= 0.6 is 57.8 Å². The quantitative estimate of drug-likeness (QED) is 0.188. The van der Waals surface area contributed by atoms with Gasteiger partial charge < -0.3 is 0 Å². The van der Waals surface area contributed by atoms with Gasteiger partial charge in [-0.1, -0.05) is 17.7 Å². The molecule has 5 rings (SSSR count). The second-order valence-electron chi connectivity index (χ2n) is 6.78. The van der Waals surface area contributed by atoms with Crippen molar-refractivity contribution < 1.29 is 9.59 Å². The molecule has 4 aromatic rings. The molecule has 2 amide bonds. The third-order valence-electron chi connectivity index (χ3n) is 4.71. The van der Waals surface area contributed by atoms with Crippen LogP contribution in [0.5, 0.6) is 0 Å². The fourth-order valence-electron chi connectivity index (χ4n) is 3.21. The summed E-state index contributed by atoms with van der Waals surface area (Å²) >= 11 is 16.2. The van der Waals surface area contributed by atoms with Gasteiger partial charge in [-0.3, -0.25) is 19.8 Å². The van der Waals surface area contributed by atoms with Crippen LogP contribution in [0.25, 0.3) is 25.6 Å². The molecule has 0 spiro atoms. The topological polar surface area (TPSA) is 49.4 Å². The molecule has 3 aromatic heterocycles. The molecule has 0 aliphatic carbocycles. The van der Waals surface area contributed by atoms with Crippen LogP contribution in [-0.2, 0) is 9.59 Å². The van der Waals surface area contributed by atoms with Gasteiger partial charge in [-0.15, -0.1) is 34.0 Å². The van der Waals surface area contributed by atoms with Gasteiger partial charge in [0.2, 0.25) is 0 Å². The standard InChI is InChI=1S/C23H13ClN2O2S4/c24-13-3-5-14(6-4-13)26-22(28)16(21(27)25-23(26)29)12-15-7-8-19(31-15)20-10-9-18(32-20)17-2-1-11-30-17/h1-12H,(H,25,27,29). The molecule has 0 bridgehead atoms. The van der Waals surface area contributed by atoms with Crippen molar-refractivity contribution in [3.8, 4) is 19.5 Å². The van der Waals surface area contributed by atoms with Crippen molar-refractivity contribution in [3.63, 3.8) is 0 Å². The van der Waals surface area contributed by atoms with Crippen molar-refractivity contribution in [1.82, 2.24) is 5.32 Å². The monoisotopic (exact) mass is 512 g/mol. The SMILES string of the molecule is O=C1NC(=S)N(c2ccc(Cl)cc2)C(=O)C1=Cc1ccc(-c2ccc(-c3cccs3)s2)s1. The molecule has 1 N–H and O–H groups in total. The minimum Gasteiger partial charge on any atom is -0.298 e. The van der Waals surface area contributed by atoms with Crippen molar-refractivity contribution in [2.75, 3.05) is 4.90 Å². The average molecular weight is 513 g/mol. The Morgan fingerprint density at radius 2 is 1.56 bits per heavy atom. The molecule has 1 aliphatic heterocycles. The van der Waals surface area contributed by atoms with Crippen molar-refractivity contribution in [2.45, 2.75) is 0 Å². The third-order valence-corrected chi connectivity index (χ3v) is 8.63. The van der Waals surface area contributed by atoms with Gasteiger partial charge in [-0.2, -0.15) is 0 Å². The van der Waals surface area contributed by atoms with Gasteiger partial charge in [0.25, 0.3) is 11.8 Å². The fourth-order valence-corrected chi connectivity index (χ4v) is 6.50. The Labute approximate surface area is 206 Å². The summed E-state index contributed by atoms with van der Waals surface area (Å²) in [6.07, 6.45) is 1.62. The highest BCUT2D eigenvalue weighted by atomic mass is 35.5. The number of halogens is 1. The van der Waals surface area contributed by atoms with Crippen LogP contribution < -0.4 is 10.2 Å². The summed E-state index contributed by atoms with van der Waals surface area (Å²) in [5.41, 5.74) is 0.578. The molecule has 1 fully saturated rings. The summed E-state index contributed by atoms with van der Waals surface area (Å²) in [5.74, 6) is -0.969. The maximum absolute atomic E-state index is 13.1. The first-order chi connectivity index (χ1) is 15.5. The van der Waals surface area contributed by atoms with Crippen LogP contribution in [0.2, 0.25) is 5.02 Å². The van der Waals surface area contributed by atoms with E-state index in [0.717, 1.165) is 14.6 Å². The fraction of sp³-hybridized carbons (Fsp3) is 0. The number of hydrogen-bond acceptors (Lipinski definition) is 6. The molecule has 9 heteroatoms. The van der Waals surface area contributed by atoms with Crippen molar-refractivity contribution >= 4 is 86.5 Å². The molecule has 158 valence electrons. The molecular weight excluding hydrogens is 500 g/mol. The van der Waals surface area contributed by atoms with Crippen LogP contribution in [0.15, 0.2) is 71.6 Å². The maximum Gasteiger partial charge on any atom is 0.270 e. The summed E-state index contributed by atoms with van der Waals surface area (Å²) in [6, 6.07) is 19.0. The van der Waals surface area contributed by atoms with E-state index in [4.69, 9.17) is 23.8 Å². The van der Waals surface area contributed by atoms with E-state index in [0.29, 0.717) is 10.7 Å². The Kier molecular flexibility index (Phi) is 5.79. The second-order valence-corrected chi connectivity index (χ2v) is 10.7. The van der Waals surface area contributed by atoms with Crippen LogP contribution in [0.1, 0.15) is 4.88 Å². The van der Waals surface area contributed by atoms with E-state index in [2.05, 4.69) is 28.9 Å². The van der Waals surface area contributed by atoms with Crippen LogP contribution in [0.4, 0.5) is 5.69 Å². The van der Waals surface area contributed by atoms with E-state index in [-0.39, 0.29) is 10.7 Å². The Hall–Kier alpha value is -2.62. The lowest BCUT2D eigenvalue weighted by molar-refractivity contribution is -0.122. The number of thiophene rings is 3. The molecule has 1 saturated heterocycles. The van der Waals surface area contributed by atoms with Crippen molar-refractivity contribution in [3.05, 3.63) is 81.5 Å². The number of carbonyl (C=O) groups excluding carboxylic acids is 2. The minimum absolute atomic E-state index is 0.0346. The molecule has 0 unspecified atom stereocenters. The van der Waals surface area contributed by atoms with Gasteiger partial charge >= 0.3 is 0 Å². The van der Waals surface area contributed by atoms with Crippen LogP contribution in [0, 0.1) is 0 Å². The van der Waals surface area contributed by atoms with Gasteiger partial charge in [0.05, 0.1) is 5.69 Å². The largest absolute Gasteiger partial charge is 0.298 e. The highest BCUT2D eigenvalue weighted by Gasteiger charge is 2.34. The summed E-state index contributed by atoms with van der Waals surface area (Å²) in [6.45, 7) is 0. The first-order valence-corrected chi connectivity index (χ1v) is 12.7. The number of benzene rings is 1. The number of anilines is 1. The summed E-state index contributed by atoms with van der Waals surface area (Å²) in [4.78, 5) is 32.5. The van der Waals surface area contributed by atoms with Gasteiger partial charge in [-0.25, -0.2) is 0 Å². The number of amides is 2. The molecule has 1 aromatic carbocycles. The molecule has 4 heterocycles.